The Bertz CT molecular complexity index is 1270. The van der Waals surface area contributed by atoms with Crippen LogP contribution in [-0.4, -0.2) is 17.0 Å². The van der Waals surface area contributed by atoms with Gasteiger partial charge in [0.2, 0.25) is 0 Å². The number of aliphatic carboxylic acids is 1. The molecule has 1 aliphatic rings. The fraction of sp³-hybridized carbons (Fsp3) is 0.174. The summed E-state index contributed by atoms with van der Waals surface area (Å²) in [5.41, 5.74) is 5.47. The SMILES string of the molecule is Cc1ccc(C=C2CCc3c2oc2cc(NC(=O)C(=O)O)ccc2c3=O)c(C)c1. The molecule has 6 nitrogen and oxygen atoms in total. The molecule has 29 heavy (non-hydrogen) atoms. The minimum Gasteiger partial charge on any atom is -0.474 e. The van der Waals surface area contributed by atoms with E-state index in [1.54, 1.807) is 6.07 Å². The van der Waals surface area contributed by atoms with Crippen molar-refractivity contribution in [2.75, 3.05) is 5.32 Å². The first-order valence-corrected chi connectivity index (χ1v) is 9.25. The van der Waals surface area contributed by atoms with Gasteiger partial charge in [-0.05, 0) is 61.6 Å². The summed E-state index contributed by atoms with van der Waals surface area (Å²) in [4.78, 5) is 35.1. The Labute approximate surface area is 166 Å². The molecule has 0 radical (unpaired) electrons. The van der Waals surface area contributed by atoms with Gasteiger partial charge in [-0.1, -0.05) is 23.8 Å². The number of carbonyl (C=O) groups is 2. The van der Waals surface area contributed by atoms with Crippen LogP contribution in [0.15, 0.2) is 45.6 Å². The molecule has 0 unspecified atom stereocenters. The number of aryl methyl sites for hydroxylation is 2. The second-order valence-corrected chi connectivity index (χ2v) is 7.24. The molecule has 3 aromatic rings. The Morgan fingerprint density at radius 1 is 1.10 bits per heavy atom. The van der Waals surface area contributed by atoms with Crippen molar-refractivity contribution in [2.45, 2.75) is 26.7 Å². The second-order valence-electron chi connectivity index (χ2n) is 7.24. The molecule has 0 fully saturated rings. The molecule has 0 spiro atoms. The van der Waals surface area contributed by atoms with Crippen LogP contribution < -0.4 is 10.7 Å². The van der Waals surface area contributed by atoms with E-state index in [1.165, 1.54) is 17.7 Å². The molecule has 2 N–H and O–H groups in total. The van der Waals surface area contributed by atoms with E-state index < -0.39 is 11.9 Å². The summed E-state index contributed by atoms with van der Waals surface area (Å²) in [7, 11) is 0. The Kier molecular flexibility index (Phi) is 4.54. The average molecular weight is 389 g/mol. The predicted octanol–water partition coefficient (Wildman–Crippen LogP) is 3.92. The fourth-order valence-electron chi connectivity index (χ4n) is 3.67. The van der Waals surface area contributed by atoms with E-state index in [0.717, 1.165) is 16.7 Å². The van der Waals surface area contributed by atoms with Crippen LogP contribution in [0.5, 0.6) is 0 Å². The van der Waals surface area contributed by atoms with Crippen LogP contribution in [0.4, 0.5) is 5.69 Å². The number of amides is 1. The number of hydrogen-bond acceptors (Lipinski definition) is 4. The number of carbonyl (C=O) groups excluding carboxylic acids is 1. The minimum atomic E-state index is -1.58. The van der Waals surface area contributed by atoms with Gasteiger partial charge in [0.15, 0.2) is 5.43 Å². The zero-order valence-electron chi connectivity index (χ0n) is 16.0. The van der Waals surface area contributed by atoms with E-state index in [0.29, 0.717) is 35.1 Å². The summed E-state index contributed by atoms with van der Waals surface area (Å²) in [6.07, 6.45) is 3.37. The van der Waals surface area contributed by atoms with Gasteiger partial charge in [0.25, 0.3) is 0 Å². The molecule has 4 rings (SSSR count). The highest BCUT2D eigenvalue weighted by Crippen LogP contribution is 2.35. The molecular formula is C23H19NO5. The lowest BCUT2D eigenvalue weighted by Crippen LogP contribution is -2.21. The number of anilines is 1. The van der Waals surface area contributed by atoms with E-state index in [1.807, 2.05) is 32.1 Å². The van der Waals surface area contributed by atoms with E-state index in [2.05, 4.69) is 11.4 Å². The van der Waals surface area contributed by atoms with Crippen LogP contribution in [0.1, 0.15) is 34.4 Å². The van der Waals surface area contributed by atoms with E-state index in [9.17, 15) is 14.4 Å². The number of rotatable bonds is 2. The van der Waals surface area contributed by atoms with Crippen molar-refractivity contribution >= 4 is 40.2 Å². The lowest BCUT2D eigenvalue weighted by molar-refractivity contribution is -0.147. The van der Waals surface area contributed by atoms with Crippen molar-refractivity contribution in [3.8, 4) is 0 Å². The molecule has 0 bridgehead atoms. The molecule has 0 aliphatic heterocycles. The van der Waals surface area contributed by atoms with Crippen LogP contribution in [0.25, 0.3) is 22.6 Å². The van der Waals surface area contributed by atoms with Gasteiger partial charge in [-0.2, -0.15) is 0 Å². The van der Waals surface area contributed by atoms with Gasteiger partial charge >= 0.3 is 11.9 Å². The van der Waals surface area contributed by atoms with Gasteiger partial charge in [0.05, 0.1) is 5.39 Å². The van der Waals surface area contributed by atoms with Crippen LogP contribution >= 0.6 is 0 Å². The monoisotopic (exact) mass is 389 g/mol. The maximum atomic E-state index is 12.9. The van der Waals surface area contributed by atoms with Gasteiger partial charge in [-0.3, -0.25) is 9.59 Å². The van der Waals surface area contributed by atoms with Gasteiger partial charge in [0, 0.05) is 17.3 Å². The van der Waals surface area contributed by atoms with Gasteiger partial charge in [0.1, 0.15) is 11.3 Å². The number of fused-ring (bicyclic) bond motifs is 2. The Balaban J connectivity index is 1.80. The molecule has 1 aromatic heterocycles. The van der Waals surface area contributed by atoms with Crippen molar-refractivity contribution in [1.29, 1.82) is 0 Å². The number of allylic oxidation sites excluding steroid dienone is 1. The third kappa shape index (κ3) is 3.45. The van der Waals surface area contributed by atoms with Crippen LogP contribution in [0.2, 0.25) is 0 Å². The largest absolute Gasteiger partial charge is 0.474 e. The molecular weight excluding hydrogens is 370 g/mol. The Morgan fingerprint density at radius 3 is 2.62 bits per heavy atom. The molecule has 0 saturated heterocycles. The lowest BCUT2D eigenvalue weighted by atomic mass is 10.0. The van der Waals surface area contributed by atoms with E-state index in [-0.39, 0.29) is 11.1 Å². The molecule has 6 heteroatoms. The number of hydrogen-bond donors (Lipinski definition) is 2. The molecule has 0 atom stereocenters. The van der Waals surface area contributed by atoms with Gasteiger partial charge in [-0.25, -0.2) is 4.79 Å². The Hall–Kier alpha value is -3.67. The summed E-state index contributed by atoms with van der Waals surface area (Å²) < 4.78 is 6.05. The summed E-state index contributed by atoms with van der Waals surface area (Å²) >= 11 is 0. The maximum absolute atomic E-state index is 12.9. The second kappa shape index (κ2) is 7.05. The zero-order chi connectivity index (χ0) is 20.7. The van der Waals surface area contributed by atoms with Crippen LogP contribution in [-0.2, 0) is 16.0 Å². The minimum absolute atomic E-state index is 0.0959. The zero-order valence-corrected chi connectivity index (χ0v) is 16.0. The summed E-state index contributed by atoms with van der Waals surface area (Å²) in [6, 6.07) is 10.7. The molecule has 1 aliphatic carbocycles. The average Bonchev–Trinajstić information content (AvgIpc) is 3.07. The van der Waals surface area contributed by atoms with Gasteiger partial charge in [-0.15, -0.1) is 0 Å². The first-order valence-electron chi connectivity index (χ1n) is 9.25. The van der Waals surface area contributed by atoms with Crippen molar-refractivity contribution < 1.29 is 19.1 Å². The quantitative estimate of drug-likeness (QED) is 0.648. The van der Waals surface area contributed by atoms with Crippen LogP contribution in [0, 0.1) is 13.8 Å². The topological polar surface area (TPSA) is 96.6 Å². The van der Waals surface area contributed by atoms with Crippen molar-refractivity contribution in [2.24, 2.45) is 0 Å². The molecule has 0 saturated carbocycles. The molecule has 146 valence electrons. The fourth-order valence-corrected chi connectivity index (χ4v) is 3.67. The predicted molar refractivity (Wildman–Crippen MR) is 111 cm³/mol. The summed E-state index contributed by atoms with van der Waals surface area (Å²) in [5.74, 6) is -2.17. The highest BCUT2D eigenvalue weighted by Gasteiger charge is 2.24. The third-order valence-corrected chi connectivity index (χ3v) is 5.13. The Morgan fingerprint density at radius 2 is 1.90 bits per heavy atom. The first kappa shape index (κ1) is 18.7. The third-order valence-electron chi connectivity index (χ3n) is 5.13. The summed E-state index contributed by atoms with van der Waals surface area (Å²) in [5, 5.41) is 11.4. The molecule has 1 heterocycles. The van der Waals surface area contributed by atoms with Crippen LogP contribution in [0.3, 0.4) is 0 Å². The first-order chi connectivity index (χ1) is 13.8. The van der Waals surface area contributed by atoms with E-state index in [4.69, 9.17) is 9.52 Å². The highest BCUT2D eigenvalue weighted by atomic mass is 16.4. The number of carboxylic acid groups (broad SMARTS) is 1. The summed E-state index contributed by atoms with van der Waals surface area (Å²) in [6.45, 7) is 4.09. The normalized spacial score (nSPS) is 14.2. The van der Waals surface area contributed by atoms with E-state index >= 15 is 0 Å². The maximum Gasteiger partial charge on any atom is 0.394 e. The van der Waals surface area contributed by atoms with Crippen molar-refractivity contribution in [3.63, 3.8) is 0 Å². The number of benzene rings is 2. The number of carboxylic acids is 1. The van der Waals surface area contributed by atoms with Crippen molar-refractivity contribution in [3.05, 3.63) is 74.6 Å². The molecule has 1 amide bonds. The smallest absolute Gasteiger partial charge is 0.394 e. The lowest BCUT2D eigenvalue weighted by Gasteiger charge is -2.07. The van der Waals surface area contributed by atoms with Gasteiger partial charge < -0.3 is 14.8 Å². The highest BCUT2D eigenvalue weighted by molar-refractivity contribution is 6.36. The molecule has 2 aromatic carbocycles. The number of nitrogens with one attached hydrogen (secondary N) is 1. The standard InChI is InChI=1S/C23H19NO5/c1-12-3-4-14(13(2)9-12)10-15-5-7-18-20(25)17-8-6-16(24-22(26)23(27)28)11-19(17)29-21(15)18/h3-4,6,8-11H,5,7H2,1-2H3,(H,24,26)(H,27,28). The van der Waals surface area contributed by atoms with Crippen molar-refractivity contribution in [1.82, 2.24) is 0 Å².